The van der Waals surface area contributed by atoms with Crippen molar-refractivity contribution in [2.45, 2.75) is 12.3 Å². The van der Waals surface area contributed by atoms with Gasteiger partial charge in [0.2, 0.25) is 0 Å². The van der Waals surface area contributed by atoms with E-state index in [0.717, 1.165) is 100 Å². The van der Waals surface area contributed by atoms with Gasteiger partial charge in [0.1, 0.15) is 17.0 Å². The number of hydrogen-bond donors (Lipinski definition) is 0. The van der Waals surface area contributed by atoms with E-state index in [4.69, 9.17) is 25.9 Å². The van der Waals surface area contributed by atoms with Gasteiger partial charge in [-0.3, -0.25) is 0 Å². The monoisotopic (exact) mass is 819 g/mol. The lowest BCUT2D eigenvalue weighted by Crippen LogP contribution is -2.08. The summed E-state index contributed by atoms with van der Waals surface area (Å²) in [6.07, 6.45) is 9.28. The van der Waals surface area contributed by atoms with Crippen LogP contribution in [0.5, 0.6) is 0 Å². The first-order chi connectivity index (χ1) is 31.7. The van der Waals surface area contributed by atoms with Crippen molar-refractivity contribution in [1.29, 1.82) is 0 Å². The number of fused-ring (bicyclic) bond motifs is 6. The highest BCUT2D eigenvalue weighted by atomic mass is 16.3. The van der Waals surface area contributed by atoms with Crippen LogP contribution < -0.4 is 0 Å². The fraction of sp³-hybridized carbons (Fsp3) is 0.0345. The third kappa shape index (κ3) is 6.38. The second kappa shape index (κ2) is 15.4. The average molecular weight is 820 g/mol. The zero-order valence-corrected chi connectivity index (χ0v) is 34.6. The Labute approximate surface area is 369 Å². The Morgan fingerprint density at radius 3 is 1.78 bits per heavy atom. The van der Waals surface area contributed by atoms with Gasteiger partial charge < -0.3 is 8.98 Å². The van der Waals surface area contributed by atoms with Gasteiger partial charge in [-0.1, -0.05) is 152 Å². The van der Waals surface area contributed by atoms with Crippen molar-refractivity contribution in [3.05, 3.63) is 224 Å². The standard InChI is InChI=1S/C58H37N5O/c1-59-44-28-31-52-50(36-44)49-32-41(37-16-6-2-7-17-37)27-30-51(49)63(52)55-47(38-18-8-3-9-19-38)33-43(34-48(55)39-20-10-4-11-21-39)58-61-56(40-22-12-5-13-23-40)60-57(62-58)42-26-29-46-45-24-14-15-25-53(45)64-54(46)35-42/h2-22,24-36,40H,23H2. The van der Waals surface area contributed by atoms with Crippen LogP contribution >= 0.6 is 0 Å². The molecule has 0 saturated heterocycles. The molecule has 0 radical (unpaired) electrons. The molecule has 6 nitrogen and oxygen atoms in total. The number of benzene rings is 8. The SMILES string of the molecule is [C-]#[N+]c1ccc2c(c1)c1cc(-c3ccccc3)ccc1n2-c1c(-c2ccccc2)cc(-c2nc(-c3ccc4c(c3)oc3ccccc34)nc(C3C=CC=CC3)n2)cc1-c1ccccc1. The minimum absolute atomic E-state index is 0.0133. The van der Waals surface area contributed by atoms with E-state index in [1.165, 1.54) is 0 Å². The Balaban J connectivity index is 1.14. The largest absolute Gasteiger partial charge is 0.456 e. The number of hydrogen-bond acceptors (Lipinski definition) is 4. The summed E-state index contributed by atoms with van der Waals surface area (Å²) in [4.78, 5) is 19.7. The zero-order valence-electron chi connectivity index (χ0n) is 34.6. The smallest absolute Gasteiger partial charge is 0.188 e. The third-order valence-electron chi connectivity index (χ3n) is 12.3. The highest BCUT2D eigenvalue weighted by Gasteiger charge is 2.24. The highest BCUT2D eigenvalue weighted by Crippen LogP contribution is 2.45. The van der Waals surface area contributed by atoms with Crippen molar-refractivity contribution in [3.8, 4) is 61.8 Å². The fourth-order valence-electron chi connectivity index (χ4n) is 9.27. The molecule has 1 unspecified atom stereocenters. The molecular formula is C58H37N5O. The van der Waals surface area contributed by atoms with E-state index in [-0.39, 0.29) is 5.92 Å². The van der Waals surface area contributed by atoms with Gasteiger partial charge in [0.05, 0.1) is 23.3 Å². The van der Waals surface area contributed by atoms with Crippen LogP contribution in [0.1, 0.15) is 18.2 Å². The second-order valence-corrected chi connectivity index (χ2v) is 16.2. The van der Waals surface area contributed by atoms with Gasteiger partial charge >= 0.3 is 0 Å². The Kier molecular flexibility index (Phi) is 8.91. The predicted octanol–water partition coefficient (Wildman–Crippen LogP) is 15.4. The summed E-state index contributed by atoms with van der Waals surface area (Å²) < 4.78 is 8.73. The molecule has 3 aromatic heterocycles. The van der Waals surface area contributed by atoms with E-state index in [1.807, 2.05) is 42.5 Å². The molecule has 0 saturated carbocycles. The molecule has 6 heteroatoms. The molecule has 300 valence electrons. The molecule has 0 aliphatic heterocycles. The number of para-hydroxylation sites is 1. The van der Waals surface area contributed by atoms with E-state index in [1.54, 1.807) is 0 Å². The zero-order chi connectivity index (χ0) is 42.6. The van der Waals surface area contributed by atoms with E-state index in [0.29, 0.717) is 23.2 Å². The van der Waals surface area contributed by atoms with Gasteiger partial charge in [-0.05, 0) is 88.7 Å². The van der Waals surface area contributed by atoms with Crippen molar-refractivity contribution in [2.24, 2.45) is 0 Å². The molecule has 0 N–H and O–H groups in total. The highest BCUT2D eigenvalue weighted by molar-refractivity contribution is 6.13. The number of allylic oxidation sites excluding steroid dienone is 4. The van der Waals surface area contributed by atoms with Crippen molar-refractivity contribution in [2.75, 3.05) is 0 Å². The predicted molar refractivity (Wildman–Crippen MR) is 261 cm³/mol. The van der Waals surface area contributed by atoms with Crippen LogP contribution in [0.2, 0.25) is 0 Å². The normalized spacial score (nSPS) is 13.6. The summed E-state index contributed by atoms with van der Waals surface area (Å²) in [5.41, 5.74) is 13.4. The number of furan rings is 1. The number of nitrogens with zero attached hydrogens (tertiary/aromatic N) is 5. The minimum Gasteiger partial charge on any atom is -0.456 e. The molecular weight excluding hydrogens is 783 g/mol. The van der Waals surface area contributed by atoms with Gasteiger partial charge in [0.15, 0.2) is 17.3 Å². The molecule has 64 heavy (non-hydrogen) atoms. The lowest BCUT2D eigenvalue weighted by Gasteiger charge is -2.21. The van der Waals surface area contributed by atoms with E-state index in [9.17, 15) is 0 Å². The lowest BCUT2D eigenvalue weighted by molar-refractivity contribution is 0.669. The van der Waals surface area contributed by atoms with Gasteiger partial charge in [-0.2, -0.15) is 0 Å². The molecule has 1 atom stereocenters. The van der Waals surface area contributed by atoms with Crippen LogP contribution in [0.15, 0.2) is 211 Å². The first kappa shape index (κ1) is 37.1. The lowest BCUT2D eigenvalue weighted by atomic mass is 9.92. The van der Waals surface area contributed by atoms with Crippen molar-refractivity contribution < 1.29 is 4.42 Å². The van der Waals surface area contributed by atoms with Crippen molar-refractivity contribution >= 4 is 49.4 Å². The first-order valence-corrected chi connectivity index (χ1v) is 21.5. The van der Waals surface area contributed by atoms with Crippen LogP contribution in [0.4, 0.5) is 5.69 Å². The van der Waals surface area contributed by atoms with E-state index in [2.05, 4.69) is 173 Å². The summed E-state index contributed by atoms with van der Waals surface area (Å²) >= 11 is 0. The fourth-order valence-corrected chi connectivity index (χ4v) is 9.27. The quantitative estimate of drug-likeness (QED) is 0.150. The molecule has 12 rings (SSSR count). The maximum Gasteiger partial charge on any atom is 0.188 e. The number of rotatable bonds is 7. The third-order valence-corrected chi connectivity index (χ3v) is 12.3. The second-order valence-electron chi connectivity index (χ2n) is 16.2. The molecule has 1 aliphatic carbocycles. The summed E-state index contributed by atoms with van der Waals surface area (Å²) in [6.45, 7) is 7.97. The molecule has 3 heterocycles. The topological polar surface area (TPSA) is 61.1 Å². The average Bonchev–Trinajstić information content (AvgIpc) is 3.91. The molecule has 0 amide bonds. The van der Waals surface area contributed by atoms with Gasteiger partial charge in [0, 0.05) is 44.3 Å². The summed E-state index contributed by atoms with van der Waals surface area (Å²) in [6, 6.07) is 63.2. The maximum absolute atomic E-state index is 7.97. The molecule has 0 spiro atoms. The minimum atomic E-state index is -0.0133. The molecule has 11 aromatic rings. The summed E-state index contributed by atoms with van der Waals surface area (Å²) in [7, 11) is 0. The first-order valence-electron chi connectivity index (χ1n) is 21.5. The van der Waals surface area contributed by atoms with Gasteiger partial charge in [-0.25, -0.2) is 19.8 Å². The van der Waals surface area contributed by atoms with Crippen LogP contribution in [0, 0.1) is 6.57 Å². The van der Waals surface area contributed by atoms with Gasteiger partial charge in [0.25, 0.3) is 0 Å². The summed E-state index contributed by atoms with van der Waals surface area (Å²) in [5.74, 6) is 1.87. The van der Waals surface area contributed by atoms with Gasteiger partial charge in [-0.15, -0.1) is 0 Å². The Morgan fingerprint density at radius 2 is 1.09 bits per heavy atom. The molecule has 0 bridgehead atoms. The Bertz CT molecular complexity index is 3650. The number of aromatic nitrogens is 4. The van der Waals surface area contributed by atoms with Crippen LogP contribution in [-0.2, 0) is 0 Å². The van der Waals surface area contributed by atoms with E-state index >= 15 is 0 Å². The van der Waals surface area contributed by atoms with E-state index < -0.39 is 0 Å². The Morgan fingerprint density at radius 1 is 0.484 bits per heavy atom. The molecule has 8 aromatic carbocycles. The van der Waals surface area contributed by atoms with Crippen LogP contribution in [-0.4, -0.2) is 19.5 Å². The van der Waals surface area contributed by atoms with Crippen LogP contribution in [0.3, 0.4) is 0 Å². The van der Waals surface area contributed by atoms with Crippen molar-refractivity contribution in [1.82, 2.24) is 19.5 Å². The summed E-state index contributed by atoms with van der Waals surface area (Å²) in [5, 5.41) is 4.23. The molecule has 1 aliphatic rings. The maximum atomic E-state index is 7.97. The molecule has 0 fully saturated rings. The van der Waals surface area contributed by atoms with Crippen LogP contribution in [0.25, 0.3) is 110 Å². The van der Waals surface area contributed by atoms with Crippen molar-refractivity contribution in [3.63, 3.8) is 0 Å². The Hall–Kier alpha value is -8.66.